The molecule has 2 heterocycles. The number of carbonyl (C=O) groups is 1. The number of aromatic nitrogens is 1. The van der Waals surface area contributed by atoms with Crippen LogP contribution in [0.3, 0.4) is 0 Å². The van der Waals surface area contributed by atoms with Crippen LogP contribution in [0.25, 0.3) is 0 Å². The zero-order chi connectivity index (χ0) is 17.8. The maximum atomic E-state index is 12.7. The minimum Gasteiger partial charge on any atom is -0.336 e. The number of amides is 1. The topological polar surface area (TPSA) is 36.4 Å². The van der Waals surface area contributed by atoms with Gasteiger partial charge in [0.25, 0.3) is 5.91 Å². The summed E-state index contributed by atoms with van der Waals surface area (Å²) >= 11 is 6.14. The summed E-state index contributed by atoms with van der Waals surface area (Å²) in [6.07, 6.45) is 1.70. The molecule has 132 valence electrons. The Hall–Kier alpha value is -1.91. The molecule has 3 rings (SSSR count). The second kappa shape index (κ2) is 7.98. The second-order valence-electron chi connectivity index (χ2n) is 6.80. The highest BCUT2D eigenvalue weighted by Crippen LogP contribution is 2.18. The van der Waals surface area contributed by atoms with E-state index in [-0.39, 0.29) is 5.91 Å². The van der Waals surface area contributed by atoms with Crippen LogP contribution >= 0.6 is 11.6 Å². The molecule has 0 radical (unpaired) electrons. The Morgan fingerprint density at radius 2 is 1.80 bits per heavy atom. The van der Waals surface area contributed by atoms with Gasteiger partial charge in [-0.3, -0.25) is 9.69 Å². The standard InChI is InChI=1S/C20H24ClN3O/c1-15(2)16-5-7-17(8-6-16)20(25)24-12-10-23(11-13-24)14-18-4-3-9-22-19(18)21/h3-9,15H,10-14H2,1-2H3. The van der Waals surface area contributed by atoms with Gasteiger partial charge in [-0.2, -0.15) is 0 Å². The highest BCUT2D eigenvalue weighted by molar-refractivity contribution is 6.30. The molecule has 2 aromatic rings. The van der Waals surface area contributed by atoms with Gasteiger partial charge in [-0.25, -0.2) is 4.98 Å². The van der Waals surface area contributed by atoms with E-state index in [4.69, 9.17) is 11.6 Å². The van der Waals surface area contributed by atoms with Crippen molar-refractivity contribution in [3.05, 3.63) is 64.4 Å². The van der Waals surface area contributed by atoms with Crippen LogP contribution in [0.4, 0.5) is 0 Å². The van der Waals surface area contributed by atoms with Gasteiger partial charge in [-0.1, -0.05) is 43.6 Å². The van der Waals surface area contributed by atoms with Gasteiger partial charge in [0.15, 0.2) is 0 Å². The SMILES string of the molecule is CC(C)c1ccc(C(=O)N2CCN(Cc3cccnc3Cl)CC2)cc1. The van der Waals surface area contributed by atoms with Gasteiger partial charge in [0.1, 0.15) is 5.15 Å². The minimum atomic E-state index is 0.120. The largest absolute Gasteiger partial charge is 0.336 e. The predicted molar refractivity (Wildman–Crippen MR) is 101 cm³/mol. The molecule has 1 aromatic carbocycles. The van der Waals surface area contributed by atoms with E-state index in [2.05, 4.69) is 35.9 Å². The van der Waals surface area contributed by atoms with Gasteiger partial charge in [0.2, 0.25) is 0 Å². The Balaban J connectivity index is 1.56. The molecule has 1 fully saturated rings. The summed E-state index contributed by atoms with van der Waals surface area (Å²) in [5.41, 5.74) is 3.07. The number of rotatable bonds is 4. The van der Waals surface area contributed by atoms with Crippen molar-refractivity contribution in [2.45, 2.75) is 26.3 Å². The highest BCUT2D eigenvalue weighted by Gasteiger charge is 2.22. The van der Waals surface area contributed by atoms with Gasteiger partial charge >= 0.3 is 0 Å². The van der Waals surface area contributed by atoms with Gasteiger partial charge in [0.05, 0.1) is 0 Å². The molecular weight excluding hydrogens is 334 g/mol. The van der Waals surface area contributed by atoms with Crippen molar-refractivity contribution >= 4 is 17.5 Å². The summed E-state index contributed by atoms with van der Waals surface area (Å²) in [6.45, 7) is 8.26. The Bertz CT molecular complexity index is 722. The van der Waals surface area contributed by atoms with Crippen molar-refractivity contribution in [3.8, 4) is 0 Å². The molecule has 0 atom stereocenters. The van der Waals surface area contributed by atoms with E-state index in [1.165, 1.54) is 5.56 Å². The Kier molecular flexibility index (Phi) is 5.71. The summed E-state index contributed by atoms with van der Waals surface area (Å²) in [7, 11) is 0. The molecule has 4 nitrogen and oxygen atoms in total. The van der Waals surface area contributed by atoms with Crippen LogP contribution in [0.1, 0.15) is 41.3 Å². The van der Waals surface area contributed by atoms with Gasteiger partial charge in [-0.05, 0) is 29.7 Å². The normalized spacial score (nSPS) is 15.6. The maximum Gasteiger partial charge on any atom is 0.253 e. The van der Waals surface area contributed by atoms with Crippen LogP contribution in [0.2, 0.25) is 5.15 Å². The lowest BCUT2D eigenvalue weighted by molar-refractivity contribution is 0.0628. The number of carbonyl (C=O) groups excluding carboxylic acids is 1. The van der Waals surface area contributed by atoms with Crippen molar-refractivity contribution < 1.29 is 4.79 Å². The van der Waals surface area contributed by atoms with Crippen molar-refractivity contribution in [2.24, 2.45) is 0 Å². The lowest BCUT2D eigenvalue weighted by Gasteiger charge is -2.34. The van der Waals surface area contributed by atoms with Gasteiger partial charge in [0, 0.05) is 50.0 Å². The van der Waals surface area contributed by atoms with E-state index in [0.29, 0.717) is 11.1 Å². The number of halogens is 1. The van der Waals surface area contributed by atoms with E-state index in [0.717, 1.165) is 43.9 Å². The zero-order valence-electron chi connectivity index (χ0n) is 14.8. The number of piperazine rings is 1. The van der Waals surface area contributed by atoms with Gasteiger partial charge < -0.3 is 4.90 Å². The molecule has 0 spiro atoms. The molecule has 1 aromatic heterocycles. The van der Waals surface area contributed by atoms with Crippen LogP contribution in [-0.2, 0) is 6.54 Å². The molecule has 1 aliphatic rings. The molecule has 1 amide bonds. The van der Waals surface area contributed by atoms with E-state index in [9.17, 15) is 4.79 Å². The van der Waals surface area contributed by atoms with Gasteiger partial charge in [-0.15, -0.1) is 0 Å². The minimum absolute atomic E-state index is 0.120. The van der Waals surface area contributed by atoms with Crippen LogP contribution in [0.5, 0.6) is 0 Å². The third-order valence-electron chi connectivity index (χ3n) is 4.71. The molecular formula is C20H24ClN3O. The number of pyridine rings is 1. The average molecular weight is 358 g/mol. The summed E-state index contributed by atoms with van der Waals surface area (Å²) in [6, 6.07) is 11.9. The molecule has 0 bridgehead atoms. The Labute approximate surface area is 154 Å². The van der Waals surface area contributed by atoms with Crippen molar-refractivity contribution in [3.63, 3.8) is 0 Å². The van der Waals surface area contributed by atoms with Crippen LogP contribution in [0, 0.1) is 0 Å². The van der Waals surface area contributed by atoms with Crippen molar-refractivity contribution in [2.75, 3.05) is 26.2 Å². The number of benzene rings is 1. The second-order valence-corrected chi connectivity index (χ2v) is 7.16. The molecule has 1 aliphatic heterocycles. The fraction of sp³-hybridized carbons (Fsp3) is 0.400. The summed E-state index contributed by atoms with van der Waals surface area (Å²) < 4.78 is 0. The first-order chi connectivity index (χ1) is 12.0. The third-order valence-corrected chi connectivity index (χ3v) is 5.05. The first-order valence-electron chi connectivity index (χ1n) is 8.75. The Morgan fingerprint density at radius 1 is 1.12 bits per heavy atom. The fourth-order valence-electron chi connectivity index (χ4n) is 3.08. The molecule has 0 unspecified atom stereocenters. The maximum absolute atomic E-state index is 12.7. The summed E-state index contributed by atoms with van der Waals surface area (Å²) in [5, 5.41) is 0.561. The van der Waals surface area contributed by atoms with Crippen LogP contribution in [-0.4, -0.2) is 46.9 Å². The lowest BCUT2D eigenvalue weighted by Crippen LogP contribution is -2.48. The molecule has 0 N–H and O–H groups in total. The molecule has 0 aliphatic carbocycles. The molecule has 0 saturated carbocycles. The first-order valence-corrected chi connectivity index (χ1v) is 9.13. The van der Waals surface area contributed by atoms with E-state index in [1.54, 1.807) is 6.20 Å². The summed E-state index contributed by atoms with van der Waals surface area (Å²) in [5.74, 6) is 0.598. The van der Waals surface area contributed by atoms with Crippen molar-refractivity contribution in [1.29, 1.82) is 0 Å². The zero-order valence-corrected chi connectivity index (χ0v) is 15.5. The molecule has 5 heteroatoms. The third kappa shape index (κ3) is 4.39. The predicted octanol–water partition coefficient (Wildman–Crippen LogP) is 3.82. The lowest BCUT2D eigenvalue weighted by atomic mass is 10.0. The molecule has 1 saturated heterocycles. The number of hydrogen-bond acceptors (Lipinski definition) is 3. The highest BCUT2D eigenvalue weighted by atomic mass is 35.5. The summed E-state index contributed by atoms with van der Waals surface area (Å²) in [4.78, 5) is 21.0. The van der Waals surface area contributed by atoms with E-state index < -0.39 is 0 Å². The molecule has 25 heavy (non-hydrogen) atoms. The van der Waals surface area contributed by atoms with E-state index >= 15 is 0 Å². The Morgan fingerprint density at radius 3 is 2.40 bits per heavy atom. The van der Waals surface area contributed by atoms with Crippen molar-refractivity contribution in [1.82, 2.24) is 14.8 Å². The average Bonchev–Trinajstić information content (AvgIpc) is 2.64. The van der Waals surface area contributed by atoms with Crippen LogP contribution < -0.4 is 0 Å². The number of hydrogen-bond donors (Lipinski definition) is 0. The smallest absolute Gasteiger partial charge is 0.253 e. The quantitative estimate of drug-likeness (QED) is 0.780. The number of nitrogens with zero attached hydrogens (tertiary/aromatic N) is 3. The monoisotopic (exact) mass is 357 g/mol. The fourth-order valence-corrected chi connectivity index (χ4v) is 3.26. The first kappa shape index (κ1) is 17.9. The van der Waals surface area contributed by atoms with Crippen LogP contribution in [0.15, 0.2) is 42.6 Å². The van der Waals surface area contributed by atoms with E-state index in [1.807, 2.05) is 29.2 Å².